The number of fused-ring (bicyclic) bond motifs is 1. The fourth-order valence-corrected chi connectivity index (χ4v) is 3.45. The lowest BCUT2D eigenvalue weighted by Crippen LogP contribution is -2.42. The number of aromatic nitrogens is 1. The second kappa shape index (κ2) is 12.9. The number of nitrogens with zero attached hydrogens (tertiary/aromatic N) is 1. The van der Waals surface area contributed by atoms with Gasteiger partial charge < -0.3 is 20.5 Å². The van der Waals surface area contributed by atoms with Crippen LogP contribution in [0.3, 0.4) is 0 Å². The first-order valence-electron chi connectivity index (χ1n) is 11.3. The van der Waals surface area contributed by atoms with Crippen LogP contribution in [0.5, 0.6) is 0 Å². The monoisotopic (exact) mass is 463 g/mol. The molecule has 0 aliphatic carbocycles. The molecule has 8 heteroatoms. The number of benzene rings is 2. The molecule has 0 aliphatic rings. The maximum absolute atomic E-state index is 12.2. The molecule has 1 heterocycles. The van der Waals surface area contributed by atoms with Crippen molar-refractivity contribution in [1.82, 2.24) is 15.6 Å². The fourth-order valence-electron chi connectivity index (χ4n) is 3.45. The molecular weight excluding hydrogens is 434 g/mol. The number of amides is 2. The predicted octanol–water partition coefficient (Wildman–Crippen LogP) is 3.83. The Kier molecular flexibility index (Phi) is 9.40. The minimum atomic E-state index is -1.10. The average Bonchev–Trinajstić information content (AvgIpc) is 2.85. The Labute approximate surface area is 198 Å². The van der Waals surface area contributed by atoms with Gasteiger partial charge in [0.15, 0.2) is 0 Å². The van der Waals surface area contributed by atoms with E-state index in [1.165, 1.54) is 0 Å². The molecule has 0 bridgehead atoms. The summed E-state index contributed by atoms with van der Waals surface area (Å²) in [5, 5.41) is 15.8. The highest BCUT2D eigenvalue weighted by Gasteiger charge is 2.21. The molecule has 0 aliphatic heterocycles. The van der Waals surface area contributed by atoms with E-state index in [2.05, 4.69) is 15.6 Å². The number of carboxylic acids is 1. The number of nitrogens with one attached hydrogen (secondary N) is 2. The molecule has 3 rings (SSSR count). The van der Waals surface area contributed by atoms with Crippen molar-refractivity contribution in [2.45, 2.75) is 44.8 Å². The van der Waals surface area contributed by atoms with Crippen LogP contribution >= 0.6 is 0 Å². The van der Waals surface area contributed by atoms with Crippen molar-refractivity contribution < 1.29 is 24.2 Å². The Morgan fingerprint density at radius 1 is 0.912 bits per heavy atom. The first kappa shape index (κ1) is 24.7. The van der Waals surface area contributed by atoms with Crippen molar-refractivity contribution in [3.63, 3.8) is 0 Å². The second-order valence-corrected chi connectivity index (χ2v) is 7.96. The molecule has 1 aromatic heterocycles. The number of ether oxygens (including phenoxy) is 1. The summed E-state index contributed by atoms with van der Waals surface area (Å²) in [6.45, 7) is 0.660. The molecule has 0 saturated heterocycles. The molecule has 0 radical (unpaired) electrons. The zero-order valence-corrected chi connectivity index (χ0v) is 18.9. The van der Waals surface area contributed by atoms with Crippen molar-refractivity contribution in [2.24, 2.45) is 0 Å². The van der Waals surface area contributed by atoms with Gasteiger partial charge in [-0.2, -0.15) is 0 Å². The number of pyridine rings is 1. The fraction of sp³-hybridized carbons (Fsp3) is 0.308. The number of hydrogen-bond donors (Lipinski definition) is 3. The van der Waals surface area contributed by atoms with Crippen molar-refractivity contribution >= 4 is 28.9 Å². The molecule has 0 fully saturated rings. The number of carbonyl (C=O) groups is 3. The standard InChI is InChI=1S/C26H29N3O5/c30-24(13-5-2-8-16-27-26(33)34-18-19-9-3-1-4-10-19)29-23(25(31)32)17-21-15-14-20-11-6-7-12-22(20)28-21/h1,3-4,6-7,9-12,14-15,23H,2,5,8,13,16-18H2,(H,27,33)(H,29,30)(H,31,32)/t23-/m1/s1. The summed E-state index contributed by atoms with van der Waals surface area (Å²) in [4.78, 5) is 40.1. The third kappa shape index (κ3) is 8.20. The Bertz CT molecular complexity index is 1100. The summed E-state index contributed by atoms with van der Waals surface area (Å²) >= 11 is 0. The minimum Gasteiger partial charge on any atom is -0.480 e. The highest BCUT2D eigenvalue weighted by molar-refractivity contribution is 5.84. The van der Waals surface area contributed by atoms with Gasteiger partial charge in [-0.05, 0) is 30.5 Å². The lowest BCUT2D eigenvalue weighted by Gasteiger charge is -2.14. The lowest BCUT2D eigenvalue weighted by molar-refractivity contribution is -0.141. The molecule has 0 unspecified atom stereocenters. The Morgan fingerprint density at radius 2 is 1.68 bits per heavy atom. The largest absolute Gasteiger partial charge is 0.480 e. The average molecular weight is 464 g/mol. The topological polar surface area (TPSA) is 118 Å². The SMILES string of the molecule is O=C(CCCCCNC(=O)OCc1ccccc1)N[C@H](Cc1ccc2ccccc2n1)C(=O)O. The van der Waals surface area contributed by atoms with Crippen molar-refractivity contribution in [3.8, 4) is 0 Å². The number of unbranched alkanes of at least 4 members (excludes halogenated alkanes) is 2. The first-order valence-corrected chi connectivity index (χ1v) is 11.3. The van der Waals surface area contributed by atoms with E-state index in [-0.39, 0.29) is 25.4 Å². The van der Waals surface area contributed by atoms with E-state index in [1.54, 1.807) is 6.07 Å². The quantitative estimate of drug-likeness (QED) is 0.351. The van der Waals surface area contributed by atoms with Crippen molar-refractivity contribution in [1.29, 1.82) is 0 Å². The number of alkyl carbamates (subject to hydrolysis) is 1. The van der Waals surface area contributed by atoms with Crippen LogP contribution in [0.25, 0.3) is 10.9 Å². The van der Waals surface area contributed by atoms with E-state index in [1.807, 2.05) is 60.7 Å². The number of rotatable bonds is 12. The normalized spacial score (nSPS) is 11.5. The van der Waals surface area contributed by atoms with Gasteiger partial charge in [-0.15, -0.1) is 0 Å². The number of hydrogen-bond acceptors (Lipinski definition) is 5. The number of carboxylic acid groups (broad SMARTS) is 1. The Morgan fingerprint density at radius 3 is 2.47 bits per heavy atom. The molecule has 2 aromatic carbocycles. The summed E-state index contributed by atoms with van der Waals surface area (Å²) in [5.74, 6) is -1.41. The maximum Gasteiger partial charge on any atom is 0.407 e. The van der Waals surface area contributed by atoms with Crippen LogP contribution in [0.15, 0.2) is 66.7 Å². The third-order valence-corrected chi connectivity index (χ3v) is 5.27. The van der Waals surface area contributed by atoms with Gasteiger partial charge in [0.1, 0.15) is 12.6 Å². The van der Waals surface area contributed by atoms with Gasteiger partial charge in [0.05, 0.1) is 5.52 Å². The van der Waals surface area contributed by atoms with Crippen LogP contribution in [0.2, 0.25) is 0 Å². The van der Waals surface area contributed by atoms with Gasteiger partial charge in [0, 0.05) is 30.5 Å². The number of carbonyl (C=O) groups excluding carboxylic acids is 2. The minimum absolute atomic E-state index is 0.112. The second-order valence-electron chi connectivity index (χ2n) is 7.96. The zero-order chi connectivity index (χ0) is 24.2. The molecule has 2 amide bonds. The van der Waals surface area contributed by atoms with Crippen molar-refractivity contribution in [3.05, 3.63) is 78.0 Å². The molecule has 178 valence electrons. The van der Waals surface area contributed by atoms with E-state index in [0.717, 1.165) is 22.9 Å². The van der Waals surface area contributed by atoms with Gasteiger partial charge in [-0.3, -0.25) is 9.78 Å². The molecule has 0 saturated carbocycles. The van der Waals surface area contributed by atoms with E-state index < -0.39 is 18.1 Å². The summed E-state index contributed by atoms with van der Waals surface area (Å²) in [6.07, 6.45) is 1.85. The van der Waals surface area contributed by atoms with Gasteiger partial charge >= 0.3 is 12.1 Å². The highest BCUT2D eigenvalue weighted by Crippen LogP contribution is 2.13. The smallest absolute Gasteiger partial charge is 0.407 e. The summed E-state index contributed by atoms with van der Waals surface area (Å²) in [6, 6.07) is 19.6. The molecule has 3 aromatic rings. The number of para-hydroxylation sites is 1. The van der Waals surface area contributed by atoms with E-state index >= 15 is 0 Å². The molecule has 3 N–H and O–H groups in total. The summed E-state index contributed by atoms with van der Waals surface area (Å²) in [5.41, 5.74) is 2.31. The zero-order valence-electron chi connectivity index (χ0n) is 18.9. The Balaban J connectivity index is 1.32. The van der Waals surface area contributed by atoms with Crippen LogP contribution in [0.1, 0.15) is 36.9 Å². The van der Waals surface area contributed by atoms with E-state index in [0.29, 0.717) is 25.1 Å². The van der Waals surface area contributed by atoms with Gasteiger partial charge in [-0.25, -0.2) is 9.59 Å². The van der Waals surface area contributed by atoms with Crippen LogP contribution in [0.4, 0.5) is 4.79 Å². The lowest BCUT2D eigenvalue weighted by atomic mass is 10.1. The molecule has 8 nitrogen and oxygen atoms in total. The maximum atomic E-state index is 12.2. The summed E-state index contributed by atoms with van der Waals surface area (Å²) in [7, 11) is 0. The van der Waals surface area contributed by atoms with E-state index in [9.17, 15) is 19.5 Å². The predicted molar refractivity (Wildman–Crippen MR) is 128 cm³/mol. The molecule has 0 spiro atoms. The van der Waals surface area contributed by atoms with Gasteiger partial charge in [0.25, 0.3) is 0 Å². The van der Waals surface area contributed by atoms with Crippen LogP contribution in [-0.2, 0) is 27.4 Å². The highest BCUT2D eigenvalue weighted by atomic mass is 16.5. The summed E-state index contributed by atoms with van der Waals surface area (Å²) < 4.78 is 5.14. The molecular formula is C26H29N3O5. The van der Waals surface area contributed by atoms with Crippen molar-refractivity contribution in [2.75, 3.05) is 6.54 Å². The van der Waals surface area contributed by atoms with E-state index in [4.69, 9.17) is 4.74 Å². The first-order chi connectivity index (χ1) is 16.5. The molecule has 1 atom stereocenters. The van der Waals surface area contributed by atoms with Crippen LogP contribution < -0.4 is 10.6 Å². The molecule has 34 heavy (non-hydrogen) atoms. The number of aliphatic carboxylic acids is 1. The van der Waals surface area contributed by atoms with Gasteiger partial charge in [-0.1, -0.05) is 61.0 Å². The van der Waals surface area contributed by atoms with Gasteiger partial charge in [0.2, 0.25) is 5.91 Å². The van der Waals surface area contributed by atoms with Crippen LogP contribution in [-0.4, -0.2) is 40.6 Å². The third-order valence-electron chi connectivity index (χ3n) is 5.27. The van der Waals surface area contributed by atoms with Crippen LogP contribution in [0, 0.1) is 0 Å². The Hall–Kier alpha value is -3.94.